The van der Waals surface area contributed by atoms with Crippen molar-refractivity contribution in [3.63, 3.8) is 0 Å². The molecule has 2 aromatic heterocycles. The van der Waals surface area contributed by atoms with Crippen LogP contribution in [0.2, 0.25) is 0 Å². The van der Waals surface area contributed by atoms with E-state index in [0.717, 1.165) is 32.1 Å². The summed E-state index contributed by atoms with van der Waals surface area (Å²) in [5, 5.41) is 3.96. The molecule has 2 aromatic rings. The largest absolute Gasteiger partial charge is 0.339 e. The van der Waals surface area contributed by atoms with Gasteiger partial charge in [-0.05, 0) is 32.1 Å². The lowest BCUT2D eigenvalue weighted by atomic mass is 10.0. The number of rotatable bonds is 4. The zero-order valence-corrected chi connectivity index (χ0v) is 11.8. The third-order valence-electron chi connectivity index (χ3n) is 3.42. The van der Waals surface area contributed by atoms with E-state index < -0.39 is 0 Å². The molecule has 0 bridgehead atoms. The molecular weight excluding hydrogens is 262 g/mol. The third kappa shape index (κ3) is 2.49. The van der Waals surface area contributed by atoms with Gasteiger partial charge in [0.25, 0.3) is 0 Å². The van der Waals surface area contributed by atoms with E-state index in [9.17, 15) is 4.79 Å². The summed E-state index contributed by atoms with van der Waals surface area (Å²) < 4.78 is 6.98. The van der Waals surface area contributed by atoms with Crippen molar-refractivity contribution in [3.05, 3.63) is 32.0 Å². The van der Waals surface area contributed by atoms with Gasteiger partial charge in [0.05, 0.1) is 6.54 Å². The van der Waals surface area contributed by atoms with E-state index in [2.05, 4.69) is 17.1 Å². The predicted molar refractivity (Wildman–Crippen MR) is 72.6 cm³/mol. The van der Waals surface area contributed by atoms with Crippen LogP contribution in [-0.4, -0.2) is 14.7 Å². The molecular formula is C13H17N3O2S. The number of aryl methyl sites for hydroxylation is 2. The summed E-state index contributed by atoms with van der Waals surface area (Å²) in [7, 11) is 0. The van der Waals surface area contributed by atoms with E-state index in [1.165, 1.54) is 28.3 Å². The van der Waals surface area contributed by atoms with Crippen molar-refractivity contribution in [1.29, 1.82) is 0 Å². The average molecular weight is 279 g/mol. The second-order valence-electron chi connectivity index (χ2n) is 4.89. The van der Waals surface area contributed by atoms with Crippen LogP contribution in [0.3, 0.4) is 0 Å². The van der Waals surface area contributed by atoms with Crippen LogP contribution in [0.5, 0.6) is 0 Å². The highest BCUT2D eigenvalue weighted by molar-refractivity contribution is 7.09. The Hall–Kier alpha value is -1.43. The first-order chi connectivity index (χ1) is 9.28. The predicted octanol–water partition coefficient (Wildman–Crippen LogP) is 2.17. The molecule has 102 valence electrons. The molecule has 0 N–H and O–H groups in total. The standard InChI is InChI=1S/C13H17N3O2S/c1-2-5-12-14-11(15-18-12)8-16-9-6-3-4-7-10(9)19-13(16)17/h2-8H2,1H3. The molecule has 0 spiro atoms. The van der Waals surface area contributed by atoms with Crippen LogP contribution in [0.4, 0.5) is 0 Å². The van der Waals surface area contributed by atoms with Crippen molar-refractivity contribution in [2.75, 3.05) is 0 Å². The smallest absolute Gasteiger partial charge is 0.307 e. The Kier molecular flexibility index (Phi) is 3.50. The van der Waals surface area contributed by atoms with E-state index in [4.69, 9.17) is 4.52 Å². The van der Waals surface area contributed by atoms with Crippen LogP contribution in [-0.2, 0) is 25.8 Å². The summed E-state index contributed by atoms with van der Waals surface area (Å²) >= 11 is 1.37. The maximum Gasteiger partial charge on any atom is 0.307 e. The maximum absolute atomic E-state index is 12.0. The summed E-state index contributed by atoms with van der Waals surface area (Å²) in [5.41, 5.74) is 1.18. The Labute approximate surface area is 115 Å². The van der Waals surface area contributed by atoms with Crippen LogP contribution in [0.15, 0.2) is 9.32 Å². The summed E-state index contributed by atoms with van der Waals surface area (Å²) in [6, 6.07) is 0. The normalized spacial score (nSPS) is 14.6. The molecule has 3 rings (SSSR count). The van der Waals surface area contributed by atoms with E-state index in [1.54, 1.807) is 0 Å². The van der Waals surface area contributed by atoms with Gasteiger partial charge < -0.3 is 4.52 Å². The number of hydrogen-bond donors (Lipinski definition) is 0. The maximum atomic E-state index is 12.0. The first kappa shape index (κ1) is 12.6. The van der Waals surface area contributed by atoms with E-state index in [1.807, 2.05) is 4.57 Å². The SMILES string of the molecule is CCCc1nc(Cn2c3c(sc2=O)CCCC3)no1. The number of nitrogens with zero attached hydrogens (tertiary/aromatic N) is 3. The second kappa shape index (κ2) is 5.28. The van der Waals surface area contributed by atoms with Crippen molar-refractivity contribution < 1.29 is 4.52 Å². The quantitative estimate of drug-likeness (QED) is 0.860. The van der Waals surface area contributed by atoms with Crippen molar-refractivity contribution in [2.45, 2.75) is 52.0 Å². The molecule has 0 fully saturated rings. The highest BCUT2D eigenvalue weighted by Gasteiger charge is 2.19. The van der Waals surface area contributed by atoms with Gasteiger partial charge in [-0.1, -0.05) is 23.4 Å². The molecule has 2 heterocycles. The first-order valence-electron chi connectivity index (χ1n) is 6.80. The summed E-state index contributed by atoms with van der Waals surface area (Å²) in [4.78, 5) is 17.7. The molecule has 0 aromatic carbocycles. The van der Waals surface area contributed by atoms with Gasteiger partial charge in [0, 0.05) is 17.0 Å². The molecule has 19 heavy (non-hydrogen) atoms. The Morgan fingerprint density at radius 1 is 1.37 bits per heavy atom. The molecule has 0 saturated carbocycles. The van der Waals surface area contributed by atoms with Crippen molar-refractivity contribution in [3.8, 4) is 0 Å². The molecule has 0 saturated heterocycles. The van der Waals surface area contributed by atoms with Crippen LogP contribution in [0.25, 0.3) is 0 Å². The highest BCUT2D eigenvalue weighted by atomic mass is 32.1. The topological polar surface area (TPSA) is 60.9 Å². The summed E-state index contributed by atoms with van der Waals surface area (Å²) in [5.74, 6) is 1.27. The number of hydrogen-bond acceptors (Lipinski definition) is 5. The zero-order chi connectivity index (χ0) is 13.2. The number of aromatic nitrogens is 3. The summed E-state index contributed by atoms with van der Waals surface area (Å²) in [6.45, 7) is 2.52. The molecule has 6 heteroatoms. The minimum atomic E-state index is 0.105. The number of fused-ring (bicyclic) bond motifs is 1. The lowest BCUT2D eigenvalue weighted by molar-refractivity contribution is 0.370. The minimum absolute atomic E-state index is 0.105. The molecule has 5 nitrogen and oxygen atoms in total. The molecule has 0 unspecified atom stereocenters. The lowest BCUT2D eigenvalue weighted by Crippen LogP contribution is -2.18. The Bertz CT molecular complexity index is 626. The average Bonchev–Trinajstić information content (AvgIpc) is 2.96. The van der Waals surface area contributed by atoms with E-state index in [-0.39, 0.29) is 4.87 Å². The molecule has 0 amide bonds. The van der Waals surface area contributed by atoms with E-state index >= 15 is 0 Å². The molecule has 0 aliphatic heterocycles. The molecule has 0 radical (unpaired) electrons. The van der Waals surface area contributed by atoms with Gasteiger partial charge in [0.2, 0.25) is 5.89 Å². The zero-order valence-electron chi connectivity index (χ0n) is 11.0. The minimum Gasteiger partial charge on any atom is -0.339 e. The number of thiazole rings is 1. The van der Waals surface area contributed by atoms with Crippen LogP contribution in [0.1, 0.15) is 48.5 Å². The fourth-order valence-electron chi connectivity index (χ4n) is 2.50. The third-order valence-corrected chi connectivity index (χ3v) is 4.50. The van der Waals surface area contributed by atoms with Crippen molar-refractivity contribution >= 4 is 11.3 Å². The monoisotopic (exact) mass is 279 g/mol. The Balaban J connectivity index is 1.86. The van der Waals surface area contributed by atoms with Gasteiger partial charge in [0.1, 0.15) is 0 Å². The van der Waals surface area contributed by atoms with Gasteiger partial charge in [0.15, 0.2) is 5.82 Å². The second-order valence-corrected chi connectivity index (χ2v) is 5.93. The van der Waals surface area contributed by atoms with Crippen LogP contribution in [0, 0.1) is 0 Å². The van der Waals surface area contributed by atoms with Gasteiger partial charge >= 0.3 is 4.87 Å². The molecule has 0 atom stereocenters. The molecule has 1 aliphatic carbocycles. The van der Waals surface area contributed by atoms with E-state index in [0.29, 0.717) is 18.3 Å². The first-order valence-corrected chi connectivity index (χ1v) is 7.62. The van der Waals surface area contributed by atoms with Gasteiger partial charge in [-0.25, -0.2) is 0 Å². The fourth-order valence-corrected chi connectivity index (χ4v) is 3.57. The Morgan fingerprint density at radius 2 is 2.21 bits per heavy atom. The fraction of sp³-hybridized carbons (Fsp3) is 0.615. The van der Waals surface area contributed by atoms with Gasteiger partial charge in [-0.15, -0.1) is 0 Å². The van der Waals surface area contributed by atoms with Gasteiger partial charge in [-0.3, -0.25) is 9.36 Å². The van der Waals surface area contributed by atoms with Crippen molar-refractivity contribution in [2.24, 2.45) is 0 Å². The lowest BCUT2D eigenvalue weighted by Gasteiger charge is -2.12. The Morgan fingerprint density at radius 3 is 3.05 bits per heavy atom. The summed E-state index contributed by atoms with van der Waals surface area (Å²) in [6.07, 6.45) is 6.16. The van der Waals surface area contributed by atoms with Crippen molar-refractivity contribution in [1.82, 2.24) is 14.7 Å². The van der Waals surface area contributed by atoms with Crippen LogP contribution < -0.4 is 4.87 Å². The molecule has 1 aliphatic rings. The van der Waals surface area contributed by atoms with Gasteiger partial charge in [-0.2, -0.15) is 4.98 Å². The van der Waals surface area contributed by atoms with Crippen LogP contribution >= 0.6 is 11.3 Å². The highest BCUT2D eigenvalue weighted by Crippen LogP contribution is 2.23.